The molecule has 0 saturated carbocycles. The highest BCUT2D eigenvalue weighted by Gasteiger charge is 2.14. The van der Waals surface area contributed by atoms with Crippen molar-refractivity contribution in [3.63, 3.8) is 0 Å². The van der Waals surface area contributed by atoms with Crippen LogP contribution in [0.5, 0.6) is 0 Å². The number of hydrogen-bond donors (Lipinski definition) is 1. The molecular weight excluding hydrogens is 268 g/mol. The first-order valence-electron chi connectivity index (χ1n) is 5.33. The number of nitrogens with one attached hydrogen (secondary N) is 1. The fourth-order valence-corrected chi connectivity index (χ4v) is 2.27. The Bertz CT molecular complexity index is 408. The minimum absolute atomic E-state index is 0.373. The standard InChI is InChI=1S/C12H13BrN2O/c13-11-6-9(7-14)3-4-12(11)15-10-2-1-5-16-8-10/h3-4,6,10,15H,1-2,5,8H2. The van der Waals surface area contributed by atoms with Gasteiger partial charge in [0.05, 0.1) is 18.2 Å². The average Bonchev–Trinajstić information content (AvgIpc) is 2.33. The quantitative estimate of drug-likeness (QED) is 0.906. The molecule has 1 aliphatic heterocycles. The molecule has 0 radical (unpaired) electrons. The van der Waals surface area contributed by atoms with Gasteiger partial charge in [-0.3, -0.25) is 0 Å². The molecule has 0 bridgehead atoms. The monoisotopic (exact) mass is 280 g/mol. The Balaban J connectivity index is 2.06. The predicted molar refractivity (Wildman–Crippen MR) is 66.3 cm³/mol. The largest absolute Gasteiger partial charge is 0.379 e. The van der Waals surface area contributed by atoms with Crippen molar-refractivity contribution in [3.8, 4) is 6.07 Å². The van der Waals surface area contributed by atoms with Gasteiger partial charge in [-0.2, -0.15) is 5.26 Å². The summed E-state index contributed by atoms with van der Waals surface area (Å²) in [6.07, 6.45) is 2.23. The highest BCUT2D eigenvalue weighted by molar-refractivity contribution is 9.10. The summed E-state index contributed by atoms with van der Waals surface area (Å²) in [6, 6.07) is 8.06. The second kappa shape index (κ2) is 5.33. The average molecular weight is 281 g/mol. The molecule has 1 atom stereocenters. The maximum atomic E-state index is 8.76. The Morgan fingerprint density at radius 2 is 2.38 bits per heavy atom. The van der Waals surface area contributed by atoms with Crippen LogP contribution in [0, 0.1) is 11.3 Å². The third-order valence-corrected chi connectivity index (χ3v) is 3.27. The zero-order valence-corrected chi connectivity index (χ0v) is 10.5. The SMILES string of the molecule is N#Cc1ccc(NC2CCCOC2)c(Br)c1. The van der Waals surface area contributed by atoms with Crippen molar-refractivity contribution >= 4 is 21.6 Å². The molecule has 16 heavy (non-hydrogen) atoms. The minimum Gasteiger partial charge on any atom is -0.379 e. The second-order valence-corrected chi connectivity index (χ2v) is 4.72. The number of anilines is 1. The normalized spacial score (nSPS) is 20.1. The Kier molecular flexibility index (Phi) is 3.81. The van der Waals surface area contributed by atoms with E-state index >= 15 is 0 Å². The summed E-state index contributed by atoms with van der Waals surface area (Å²) in [5.74, 6) is 0. The van der Waals surface area contributed by atoms with E-state index in [0.717, 1.165) is 36.2 Å². The number of benzene rings is 1. The first-order chi connectivity index (χ1) is 7.79. The summed E-state index contributed by atoms with van der Waals surface area (Å²) in [7, 11) is 0. The highest BCUT2D eigenvalue weighted by Crippen LogP contribution is 2.25. The maximum Gasteiger partial charge on any atom is 0.0992 e. The van der Waals surface area contributed by atoms with Gasteiger partial charge in [0.1, 0.15) is 0 Å². The van der Waals surface area contributed by atoms with Crippen molar-refractivity contribution in [2.24, 2.45) is 0 Å². The van der Waals surface area contributed by atoms with E-state index in [9.17, 15) is 0 Å². The van der Waals surface area contributed by atoms with Crippen LogP contribution in [0.1, 0.15) is 18.4 Å². The topological polar surface area (TPSA) is 45.0 Å². The van der Waals surface area contributed by atoms with E-state index in [0.29, 0.717) is 11.6 Å². The molecule has 0 spiro atoms. The number of rotatable bonds is 2. The molecule has 1 aromatic carbocycles. The summed E-state index contributed by atoms with van der Waals surface area (Å²) < 4.78 is 6.34. The minimum atomic E-state index is 0.373. The van der Waals surface area contributed by atoms with Crippen LogP contribution in [0.2, 0.25) is 0 Å². The summed E-state index contributed by atoms with van der Waals surface area (Å²) >= 11 is 3.46. The number of halogens is 1. The van der Waals surface area contributed by atoms with Crippen molar-refractivity contribution in [3.05, 3.63) is 28.2 Å². The van der Waals surface area contributed by atoms with Crippen LogP contribution in [0.3, 0.4) is 0 Å². The third-order valence-electron chi connectivity index (χ3n) is 2.62. The van der Waals surface area contributed by atoms with Crippen LogP contribution >= 0.6 is 15.9 Å². The van der Waals surface area contributed by atoms with Gasteiger partial charge in [-0.25, -0.2) is 0 Å². The molecule has 84 valence electrons. The lowest BCUT2D eigenvalue weighted by molar-refractivity contribution is 0.0876. The van der Waals surface area contributed by atoms with E-state index in [1.54, 1.807) is 0 Å². The Hall–Kier alpha value is -1.05. The van der Waals surface area contributed by atoms with Crippen molar-refractivity contribution in [2.75, 3.05) is 18.5 Å². The van der Waals surface area contributed by atoms with E-state index < -0.39 is 0 Å². The molecule has 0 aliphatic carbocycles. The van der Waals surface area contributed by atoms with Gasteiger partial charge in [0.25, 0.3) is 0 Å². The molecule has 1 heterocycles. The van der Waals surface area contributed by atoms with E-state index in [4.69, 9.17) is 10.00 Å². The Morgan fingerprint density at radius 3 is 3.00 bits per heavy atom. The van der Waals surface area contributed by atoms with Gasteiger partial charge in [-0.05, 0) is 47.0 Å². The van der Waals surface area contributed by atoms with Gasteiger partial charge in [-0.1, -0.05) is 0 Å². The highest BCUT2D eigenvalue weighted by atomic mass is 79.9. The van der Waals surface area contributed by atoms with Crippen LogP contribution in [0.25, 0.3) is 0 Å². The molecule has 1 fully saturated rings. The van der Waals surface area contributed by atoms with Crippen molar-refractivity contribution in [2.45, 2.75) is 18.9 Å². The van der Waals surface area contributed by atoms with E-state index in [1.807, 2.05) is 18.2 Å². The van der Waals surface area contributed by atoms with Gasteiger partial charge < -0.3 is 10.1 Å². The molecular formula is C12H13BrN2O. The molecule has 1 unspecified atom stereocenters. The Morgan fingerprint density at radius 1 is 1.50 bits per heavy atom. The zero-order valence-electron chi connectivity index (χ0n) is 8.87. The van der Waals surface area contributed by atoms with Gasteiger partial charge in [0, 0.05) is 22.8 Å². The first kappa shape index (κ1) is 11.4. The Labute approximate surface area is 104 Å². The molecule has 1 N–H and O–H groups in total. The molecule has 4 heteroatoms. The van der Waals surface area contributed by atoms with Crippen LogP contribution < -0.4 is 5.32 Å². The number of hydrogen-bond acceptors (Lipinski definition) is 3. The molecule has 1 aromatic rings. The summed E-state index contributed by atoms with van der Waals surface area (Å²) in [5, 5.41) is 12.2. The lowest BCUT2D eigenvalue weighted by atomic mass is 10.1. The van der Waals surface area contributed by atoms with E-state index in [2.05, 4.69) is 27.3 Å². The van der Waals surface area contributed by atoms with E-state index in [-0.39, 0.29) is 0 Å². The molecule has 3 nitrogen and oxygen atoms in total. The van der Waals surface area contributed by atoms with Crippen LogP contribution in [0.4, 0.5) is 5.69 Å². The van der Waals surface area contributed by atoms with Crippen molar-refractivity contribution in [1.29, 1.82) is 5.26 Å². The van der Waals surface area contributed by atoms with Crippen LogP contribution in [0.15, 0.2) is 22.7 Å². The number of nitriles is 1. The predicted octanol–water partition coefficient (Wildman–Crippen LogP) is 2.91. The van der Waals surface area contributed by atoms with Gasteiger partial charge >= 0.3 is 0 Å². The summed E-state index contributed by atoms with van der Waals surface area (Å²) in [6.45, 7) is 1.62. The smallest absolute Gasteiger partial charge is 0.0992 e. The first-order valence-corrected chi connectivity index (χ1v) is 6.13. The van der Waals surface area contributed by atoms with Gasteiger partial charge in [0.15, 0.2) is 0 Å². The zero-order chi connectivity index (χ0) is 11.4. The molecule has 1 aliphatic rings. The lowest BCUT2D eigenvalue weighted by Gasteiger charge is -2.24. The fraction of sp³-hybridized carbons (Fsp3) is 0.417. The summed E-state index contributed by atoms with van der Waals surface area (Å²) in [5.41, 5.74) is 1.69. The number of nitrogens with zero attached hydrogens (tertiary/aromatic N) is 1. The van der Waals surface area contributed by atoms with Crippen molar-refractivity contribution < 1.29 is 4.74 Å². The molecule has 0 aromatic heterocycles. The van der Waals surface area contributed by atoms with Crippen LogP contribution in [-0.2, 0) is 4.74 Å². The van der Waals surface area contributed by atoms with Gasteiger partial charge in [-0.15, -0.1) is 0 Å². The molecule has 2 rings (SSSR count). The second-order valence-electron chi connectivity index (χ2n) is 3.86. The van der Waals surface area contributed by atoms with E-state index in [1.165, 1.54) is 0 Å². The fourth-order valence-electron chi connectivity index (χ4n) is 1.78. The maximum absolute atomic E-state index is 8.76. The molecule has 0 amide bonds. The summed E-state index contributed by atoms with van der Waals surface area (Å²) in [4.78, 5) is 0. The van der Waals surface area contributed by atoms with Crippen LogP contribution in [-0.4, -0.2) is 19.3 Å². The third kappa shape index (κ3) is 2.75. The van der Waals surface area contributed by atoms with Crippen molar-refractivity contribution in [1.82, 2.24) is 0 Å². The molecule has 1 saturated heterocycles. The number of ether oxygens (including phenoxy) is 1. The van der Waals surface area contributed by atoms with Gasteiger partial charge in [0.2, 0.25) is 0 Å². The lowest BCUT2D eigenvalue weighted by Crippen LogP contribution is -2.30.